The number of benzene rings is 1. The molecule has 4 unspecified atom stereocenters. The van der Waals surface area contributed by atoms with Crippen LogP contribution in [0.25, 0.3) is 0 Å². The highest BCUT2D eigenvalue weighted by molar-refractivity contribution is 5.94. The predicted octanol–water partition coefficient (Wildman–Crippen LogP) is 1.70. The molecule has 0 radical (unpaired) electrons. The van der Waals surface area contributed by atoms with Crippen molar-refractivity contribution in [1.82, 2.24) is 4.90 Å². The summed E-state index contributed by atoms with van der Waals surface area (Å²) in [5.41, 5.74) is -2.48. The zero-order valence-corrected chi connectivity index (χ0v) is 18.4. The van der Waals surface area contributed by atoms with Crippen LogP contribution in [0.4, 0.5) is 0 Å². The monoisotopic (exact) mass is 455 g/mol. The van der Waals surface area contributed by atoms with Gasteiger partial charge in [-0.1, -0.05) is 6.07 Å². The number of carbonyl (C=O) groups is 3. The van der Waals surface area contributed by atoms with E-state index >= 15 is 0 Å². The Morgan fingerprint density at radius 2 is 1.76 bits per heavy atom. The Balaban J connectivity index is 1.52. The molecule has 0 amide bonds. The smallest absolute Gasteiger partial charge is 0.304 e. The summed E-state index contributed by atoms with van der Waals surface area (Å²) in [6.07, 6.45) is 2.16. The van der Waals surface area contributed by atoms with Crippen molar-refractivity contribution < 1.29 is 34.8 Å². The van der Waals surface area contributed by atoms with Gasteiger partial charge in [0, 0.05) is 36.4 Å². The molecule has 5 aliphatic rings. The van der Waals surface area contributed by atoms with Gasteiger partial charge in [0.15, 0.2) is 0 Å². The molecular formula is C25H29NO7. The summed E-state index contributed by atoms with van der Waals surface area (Å²) in [6, 6.07) is 4.91. The molecule has 4 aliphatic carbocycles. The van der Waals surface area contributed by atoms with E-state index in [1.165, 1.54) is 0 Å². The number of likely N-dealkylation sites (tertiary alicyclic amines) is 1. The third kappa shape index (κ3) is 2.68. The van der Waals surface area contributed by atoms with Gasteiger partial charge in [0.05, 0.1) is 23.9 Å². The van der Waals surface area contributed by atoms with Gasteiger partial charge < -0.3 is 20.4 Å². The predicted molar refractivity (Wildman–Crippen MR) is 115 cm³/mol. The summed E-state index contributed by atoms with van der Waals surface area (Å²) < 4.78 is 0. The second-order valence-corrected chi connectivity index (χ2v) is 11.5. The first kappa shape index (κ1) is 21.1. The molecule has 4 fully saturated rings. The largest absolute Gasteiger partial charge is 0.508 e. The second-order valence-electron chi connectivity index (χ2n) is 11.5. The van der Waals surface area contributed by atoms with Gasteiger partial charge in [-0.3, -0.25) is 19.3 Å². The molecule has 176 valence electrons. The molecule has 0 aromatic heterocycles. The molecule has 8 nitrogen and oxygen atoms in total. The van der Waals surface area contributed by atoms with Gasteiger partial charge in [-0.15, -0.1) is 0 Å². The number of nitrogens with zero attached hydrogens (tertiary/aromatic N) is 1. The van der Waals surface area contributed by atoms with Crippen molar-refractivity contribution in [2.75, 3.05) is 13.1 Å². The van der Waals surface area contributed by atoms with Gasteiger partial charge in [-0.05, 0) is 61.3 Å². The molecule has 1 saturated heterocycles. The first-order valence-corrected chi connectivity index (χ1v) is 11.8. The van der Waals surface area contributed by atoms with Gasteiger partial charge in [0.25, 0.3) is 0 Å². The molecule has 1 aromatic rings. The average Bonchev–Trinajstić information content (AvgIpc) is 3.47. The van der Waals surface area contributed by atoms with Crippen molar-refractivity contribution in [1.29, 1.82) is 0 Å². The van der Waals surface area contributed by atoms with Crippen LogP contribution in [-0.2, 0) is 26.2 Å². The SMILES string of the molecule is O=C(O)CC1(CC(=O)O)CC2(O)C3N(CC4CC4)CC34Cc3ccc(O)cc3C2(CC1=O)C4. The van der Waals surface area contributed by atoms with Gasteiger partial charge in [-0.2, -0.15) is 0 Å². The summed E-state index contributed by atoms with van der Waals surface area (Å²) in [7, 11) is 0. The maximum Gasteiger partial charge on any atom is 0.304 e. The number of hydrogen-bond donors (Lipinski definition) is 4. The summed E-state index contributed by atoms with van der Waals surface area (Å²) in [4.78, 5) is 39.5. The second kappa shape index (κ2) is 6.36. The molecule has 8 heteroatoms. The van der Waals surface area contributed by atoms with Crippen LogP contribution in [-0.4, -0.2) is 67.8 Å². The van der Waals surface area contributed by atoms with Gasteiger partial charge in [0.1, 0.15) is 11.5 Å². The lowest BCUT2D eigenvalue weighted by Gasteiger charge is -2.60. The first-order chi connectivity index (χ1) is 15.5. The molecule has 3 saturated carbocycles. The highest BCUT2D eigenvalue weighted by atomic mass is 16.4. The Kier molecular flexibility index (Phi) is 4.07. The van der Waals surface area contributed by atoms with Crippen LogP contribution in [0, 0.1) is 16.7 Å². The van der Waals surface area contributed by atoms with Crippen molar-refractivity contribution >= 4 is 17.7 Å². The normalized spacial score (nSPS) is 38.1. The fraction of sp³-hybridized carbons (Fsp3) is 0.640. The number of aliphatic carboxylic acids is 2. The number of carboxylic acids is 2. The number of aliphatic hydroxyl groups is 1. The molecule has 2 bridgehead atoms. The fourth-order valence-electron chi connectivity index (χ4n) is 8.34. The molecule has 1 aliphatic heterocycles. The lowest BCUT2D eigenvalue weighted by Crippen LogP contribution is -2.72. The van der Waals surface area contributed by atoms with E-state index in [9.17, 15) is 34.8 Å². The third-order valence-electron chi connectivity index (χ3n) is 9.38. The third-order valence-corrected chi connectivity index (χ3v) is 9.38. The molecule has 33 heavy (non-hydrogen) atoms. The Labute approximate surface area is 191 Å². The fourth-order valence-corrected chi connectivity index (χ4v) is 8.34. The number of phenols is 1. The summed E-state index contributed by atoms with van der Waals surface area (Å²) in [5.74, 6) is -2.21. The van der Waals surface area contributed by atoms with E-state index < -0.39 is 47.0 Å². The maximum absolute atomic E-state index is 13.6. The van der Waals surface area contributed by atoms with Gasteiger partial charge >= 0.3 is 11.9 Å². The lowest BCUT2D eigenvalue weighted by atomic mass is 9.51. The van der Waals surface area contributed by atoms with Crippen LogP contribution in [0.1, 0.15) is 56.1 Å². The summed E-state index contributed by atoms with van der Waals surface area (Å²) in [6.45, 7) is 1.68. The molecule has 1 aromatic carbocycles. The topological polar surface area (TPSA) is 135 Å². The lowest BCUT2D eigenvalue weighted by molar-refractivity contribution is -0.186. The van der Waals surface area contributed by atoms with Crippen molar-refractivity contribution in [2.45, 2.75) is 68.4 Å². The summed E-state index contributed by atoms with van der Waals surface area (Å²) >= 11 is 0. The van der Waals surface area contributed by atoms with E-state index in [4.69, 9.17) is 0 Å². The molecule has 6 rings (SSSR count). The molecule has 1 heterocycles. The van der Waals surface area contributed by atoms with E-state index in [0.717, 1.165) is 43.5 Å². The number of ketones is 1. The number of rotatable bonds is 6. The Morgan fingerprint density at radius 3 is 2.39 bits per heavy atom. The minimum atomic E-state index is -1.64. The van der Waals surface area contributed by atoms with Crippen LogP contribution >= 0.6 is 0 Å². The number of phenolic OH excluding ortho intramolecular Hbond substituents is 1. The standard InChI is InChI=1S/C25H29NO7/c27-16-4-3-15-6-23-11-24(17(15)5-16)7-18(28)22(8-19(29)30,9-20(31)32)12-25(24,33)21(23)26(13-23)10-14-1-2-14/h3-5,14,21,27,33H,1-2,6-13H2,(H,29,30)(H,31,32). The van der Waals surface area contributed by atoms with E-state index in [-0.39, 0.29) is 30.0 Å². The highest BCUT2D eigenvalue weighted by Gasteiger charge is 2.80. The first-order valence-electron chi connectivity index (χ1n) is 11.8. The molecule has 4 atom stereocenters. The van der Waals surface area contributed by atoms with Crippen LogP contribution in [0.3, 0.4) is 0 Å². The minimum absolute atomic E-state index is 0.0656. The zero-order valence-electron chi connectivity index (χ0n) is 18.4. The van der Waals surface area contributed by atoms with Crippen LogP contribution in [0.5, 0.6) is 5.75 Å². The van der Waals surface area contributed by atoms with Crippen LogP contribution < -0.4 is 0 Å². The van der Waals surface area contributed by atoms with E-state index in [2.05, 4.69) is 4.90 Å². The van der Waals surface area contributed by atoms with E-state index in [0.29, 0.717) is 12.3 Å². The highest BCUT2D eigenvalue weighted by Crippen LogP contribution is 2.73. The maximum atomic E-state index is 13.6. The number of fused-ring (bicyclic) bond motifs is 2. The average molecular weight is 456 g/mol. The van der Waals surface area contributed by atoms with E-state index in [1.54, 1.807) is 12.1 Å². The Morgan fingerprint density at radius 1 is 1.06 bits per heavy atom. The van der Waals surface area contributed by atoms with Gasteiger partial charge in [0.2, 0.25) is 0 Å². The van der Waals surface area contributed by atoms with Crippen molar-refractivity contribution in [3.05, 3.63) is 29.3 Å². The molecule has 2 spiro atoms. The quantitative estimate of drug-likeness (QED) is 0.509. The number of aromatic hydroxyl groups is 1. The van der Waals surface area contributed by atoms with Crippen LogP contribution in [0.2, 0.25) is 0 Å². The number of hydrogen-bond acceptors (Lipinski definition) is 6. The Bertz CT molecular complexity index is 1080. The molecular weight excluding hydrogens is 426 g/mol. The van der Waals surface area contributed by atoms with Gasteiger partial charge in [-0.25, -0.2) is 0 Å². The van der Waals surface area contributed by atoms with Crippen LogP contribution in [0.15, 0.2) is 18.2 Å². The van der Waals surface area contributed by atoms with E-state index in [1.807, 2.05) is 6.07 Å². The zero-order chi connectivity index (χ0) is 23.4. The number of carboxylic acid groups (broad SMARTS) is 2. The van der Waals surface area contributed by atoms with Crippen molar-refractivity contribution in [3.8, 4) is 5.75 Å². The minimum Gasteiger partial charge on any atom is -0.508 e. The van der Waals surface area contributed by atoms with Crippen molar-refractivity contribution in [3.63, 3.8) is 0 Å². The van der Waals surface area contributed by atoms with Crippen molar-refractivity contribution in [2.24, 2.45) is 16.7 Å². The number of Topliss-reactive ketones (excluding diaryl/α,β-unsaturated/α-hetero) is 1. The number of carbonyl (C=O) groups excluding carboxylic acids is 1. The Hall–Kier alpha value is -2.45. The molecule has 4 N–H and O–H groups in total. The summed E-state index contributed by atoms with van der Waals surface area (Å²) in [5, 5.41) is 42.1.